The number of thioether (sulfide) groups is 1. The van der Waals surface area contributed by atoms with Crippen molar-refractivity contribution in [1.82, 2.24) is 20.1 Å². The van der Waals surface area contributed by atoms with E-state index in [9.17, 15) is 4.79 Å². The fourth-order valence-electron chi connectivity index (χ4n) is 1.78. The van der Waals surface area contributed by atoms with Crippen LogP contribution in [0.4, 0.5) is 0 Å². The number of aromatic nitrogens is 3. The molecular formula is C11H20N4OS. The van der Waals surface area contributed by atoms with Crippen LogP contribution < -0.4 is 11.0 Å². The van der Waals surface area contributed by atoms with E-state index in [1.54, 1.807) is 16.3 Å². The standard InChI is InChI=1S/C11H20N4OS/c1-4-12-7(2)8(3)17-11-14-13-10(16)15(11)9-5-6-9/h7-9,12H,4-6H2,1-3H3,(H,13,16). The third-order valence-corrected chi connectivity index (χ3v) is 4.38. The Labute approximate surface area is 105 Å². The summed E-state index contributed by atoms with van der Waals surface area (Å²) in [6.07, 6.45) is 2.20. The maximum absolute atomic E-state index is 11.6. The molecule has 0 aliphatic heterocycles. The monoisotopic (exact) mass is 256 g/mol. The van der Waals surface area contributed by atoms with Gasteiger partial charge in [-0.3, -0.25) is 4.57 Å². The van der Waals surface area contributed by atoms with Crippen LogP contribution in [0.3, 0.4) is 0 Å². The molecule has 2 atom stereocenters. The number of nitrogens with zero attached hydrogens (tertiary/aromatic N) is 2. The summed E-state index contributed by atoms with van der Waals surface area (Å²) in [5.41, 5.74) is -0.0710. The summed E-state index contributed by atoms with van der Waals surface area (Å²) in [7, 11) is 0. The summed E-state index contributed by atoms with van der Waals surface area (Å²) in [6.45, 7) is 7.38. The van der Waals surface area contributed by atoms with Crippen LogP contribution >= 0.6 is 11.8 Å². The van der Waals surface area contributed by atoms with Crippen molar-refractivity contribution < 1.29 is 0 Å². The van der Waals surface area contributed by atoms with E-state index in [0.717, 1.165) is 24.5 Å². The van der Waals surface area contributed by atoms with E-state index >= 15 is 0 Å². The molecule has 1 aliphatic carbocycles. The maximum Gasteiger partial charge on any atom is 0.344 e. The largest absolute Gasteiger partial charge is 0.344 e. The van der Waals surface area contributed by atoms with E-state index in [1.807, 2.05) is 0 Å². The third kappa shape index (κ3) is 2.93. The Morgan fingerprint density at radius 3 is 2.88 bits per heavy atom. The molecule has 2 N–H and O–H groups in total. The highest BCUT2D eigenvalue weighted by Gasteiger charge is 2.29. The number of rotatable bonds is 6. The second kappa shape index (κ2) is 5.27. The zero-order valence-corrected chi connectivity index (χ0v) is 11.4. The Balaban J connectivity index is 2.05. The zero-order valence-electron chi connectivity index (χ0n) is 10.6. The summed E-state index contributed by atoms with van der Waals surface area (Å²) < 4.78 is 1.81. The highest BCUT2D eigenvalue weighted by molar-refractivity contribution is 7.99. The van der Waals surface area contributed by atoms with Gasteiger partial charge in [0.25, 0.3) is 0 Å². The lowest BCUT2D eigenvalue weighted by Gasteiger charge is -2.19. The summed E-state index contributed by atoms with van der Waals surface area (Å²) >= 11 is 1.67. The zero-order chi connectivity index (χ0) is 12.4. The van der Waals surface area contributed by atoms with Crippen LogP contribution in [0.15, 0.2) is 9.95 Å². The smallest absolute Gasteiger partial charge is 0.313 e. The molecule has 0 spiro atoms. The molecule has 17 heavy (non-hydrogen) atoms. The lowest BCUT2D eigenvalue weighted by molar-refractivity contribution is 0.559. The molecular weight excluding hydrogens is 236 g/mol. The molecule has 0 saturated heterocycles. The van der Waals surface area contributed by atoms with Gasteiger partial charge in [0.1, 0.15) is 0 Å². The van der Waals surface area contributed by atoms with Crippen LogP contribution in [0.2, 0.25) is 0 Å². The molecule has 1 fully saturated rings. The molecule has 0 amide bonds. The van der Waals surface area contributed by atoms with Gasteiger partial charge < -0.3 is 5.32 Å². The second-order valence-electron chi connectivity index (χ2n) is 4.58. The van der Waals surface area contributed by atoms with E-state index in [2.05, 4.69) is 36.3 Å². The van der Waals surface area contributed by atoms with Crippen molar-refractivity contribution in [3.8, 4) is 0 Å². The van der Waals surface area contributed by atoms with Gasteiger partial charge in [-0.2, -0.15) is 0 Å². The minimum atomic E-state index is -0.0710. The first kappa shape index (κ1) is 12.7. The van der Waals surface area contributed by atoms with Gasteiger partial charge in [-0.05, 0) is 26.3 Å². The van der Waals surface area contributed by atoms with Crippen molar-refractivity contribution in [1.29, 1.82) is 0 Å². The van der Waals surface area contributed by atoms with Crippen molar-refractivity contribution in [2.24, 2.45) is 0 Å². The summed E-state index contributed by atoms with van der Waals surface area (Å²) in [6, 6.07) is 0.787. The van der Waals surface area contributed by atoms with Crippen molar-refractivity contribution in [3.63, 3.8) is 0 Å². The average Bonchev–Trinajstić information content (AvgIpc) is 3.05. The first-order chi connectivity index (χ1) is 8.13. The third-order valence-electron chi connectivity index (χ3n) is 3.11. The fraction of sp³-hybridized carbons (Fsp3) is 0.818. The maximum atomic E-state index is 11.6. The second-order valence-corrected chi connectivity index (χ2v) is 5.93. The molecule has 0 radical (unpaired) electrons. The predicted molar refractivity (Wildman–Crippen MR) is 69.6 cm³/mol. The molecule has 1 aliphatic rings. The normalized spacial score (nSPS) is 19.2. The van der Waals surface area contributed by atoms with Crippen LogP contribution in [-0.2, 0) is 0 Å². The van der Waals surface area contributed by atoms with Gasteiger partial charge in [-0.25, -0.2) is 9.89 Å². The van der Waals surface area contributed by atoms with Gasteiger partial charge in [-0.1, -0.05) is 25.6 Å². The molecule has 96 valence electrons. The molecule has 1 aromatic rings. The van der Waals surface area contributed by atoms with E-state index in [0.29, 0.717) is 17.3 Å². The quantitative estimate of drug-likeness (QED) is 0.755. The highest BCUT2D eigenvalue weighted by Crippen LogP contribution is 2.36. The Kier molecular flexibility index (Phi) is 3.93. The predicted octanol–water partition coefficient (Wildman–Crippen LogP) is 1.38. The topological polar surface area (TPSA) is 62.7 Å². The molecule has 5 nitrogen and oxygen atoms in total. The Morgan fingerprint density at radius 2 is 2.29 bits per heavy atom. The Morgan fingerprint density at radius 1 is 1.59 bits per heavy atom. The van der Waals surface area contributed by atoms with Gasteiger partial charge in [0.05, 0.1) is 0 Å². The van der Waals surface area contributed by atoms with Gasteiger partial charge >= 0.3 is 5.69 Å². The SMILES string of the molecule is CCNC(C)C(C)Sc1n[nH]c(=O)n1C1CC1. The lowest BCUT2D eigenvalue weighted by Crippen LogP contribution is -2.33. The molecule has 1 aromatic heterocycles. The van der Waals surface area contributed by atoms with Gasteiger partial charge in [-0.15, -0.1) is 5.10 Å². The van der Waals surface area contributed by atoms with Gasteiger partial charge in [0.2, 0.25) is 0 Å². The number of hydrogen-bond acceptors (Lipinski definition) is 4. The van der Waals surface area contributed by atoms with E-state index in [4.69, 9.17) is 0 Å². The van der Waals surface area contributed by atoms with Crippen LogP contribution in [0.1, 0.15) is 39.7 Å². The van der Waals surface area contributed by atoms with Gasteiger partial charge in [0, 0.05) is 17.3 Å². The van der Waals surface area contributed by atoms with E-state index < -0.39 is 0 Å². The van der Waals surface area contributed by atoms with Crippen LogP contribution in [0, 0.1) is 0 Å². The summed E-state index contributed by atoms with van der Waals surface area (Å²) in [5.74, 6) is 0. The molecule has 6 heteroatoms. The van der Waals surface area contributed by atoms with E-state index in [-0.39, 0.29) is 5.69 Å². The molecule has 0 aromatic carbocycles. The molecule has 2 unspecified atom stereocenters. The van der Waals surface area contributed by atoms with Crippen LogP contribution in [-0.4, -0.2) is 32.6 Å². The summed E-state index contributed by atoms with van der Waals surface area (Å²) in [5, 5.41) is 11.3. The number of hydrogen-bond donors (Lipinski definition) is 2. The number of nitrogens with one attached hydrogen (secondary N) is 2. The molecule has 0 bridgehead atoms. The fourth-order valence-corrected chi connectivity index (χ4v) is 2.86. The highest BCUT2D eigenvalue weighted by atomic mass is 32.2. The molecule has 2 rings (SSSR count). The summed E-state index contributed by atoms with van der Waals surface area (Å²) in [4.78, 5) is 11.6. The van der Waals surface area contributed by atoms with Crippen molar-refractivity contribution >= 4 is 11.8 Å². The molecule has 1 heterocycles. The van der Waals surface area contributed by atoms with Crippen molar-refractivity contribution in [2.45, 2.75) is 56.1 Å². The first-order valence-corrected chi connectivity index (χ1v) is 7.08. The van der Waals surface area contributed by atoms with E-state index in [1.165, 1.54) is 0 Å². The number of H-pyrrole nitrogens is 1. The van der Waals surface area contributed by atoms with Crippen LogP contribution in [0.25, 0.3) is 0 Å². The minimum absolute atomic E-state index is 0.0710. The van der Waals surface area contributed by atoms with Crippen molar-refractivity contribution in [2.75, 3.05) is 6.54 Å². The van der Waals surface area contributed by atoms with Gasteiger partial charge in [0.15, 0.2) is 5.16 Å². The average molecular weight is 256 g/mol. The van der Waals surface area contributed by atoms with Crippen LogP contribution in [0.5, 0.6) is 0 Å². The minimum Gasteiger partial charge on any atom is -0.313 e. The lowest BCUT2D eigenvalue weighted by atomic mass is 10.2. The Bertz CT molecular complexity index is 423. The van der Waals surface area contributed by atoms with Crippen molar-refractivity contribution in [3.05, 3.63) is 10.5 Å². The first-order valence-electron chi connectivity index (χ1n) is 6.20. The number of aromatic amines is 1. The Hall–Kier alpha value is -0.750. The molecule has 1 saturated carbocycles.